The van der Waals surface area contributed by atoms with E-state index in [1.165, 1.54) is 21.0 Å². The summed E-state index contributed by atoms with van der Waals surface area (Å²) in [6.07, 6.45) is 0. The van der Waals surface area contributed by atoms with E-state index in [-0.39, 0.29) is 5.75 Å². The quantitative estimate of drug-likeness (QED) is 0.792. The number of hydrogen-bond donors (Lipinski definition) is 1. The van der Waals surface area contributed by atoms with Crippen LogP contribution < -0.4 is 5.32 Å². The van der Waals surface area contributed by atoms with Crippen molar-refractivity contribution in [3.63, 3.8) is 0 Å². The molecule has 0 amide bonds. The second-order valence-electron chi connectivity index (χ2n) is 4.63. The highest BCUT2D eigenvalue weighted by Crippen LogP contribution is 2.12. The van der Waals surface area contributed by atoms with Crippen molar-refractivity contribution in [3.8, 4) is 0 Å². The summed E-state index contributed by atoms with van der Waals surface area (Å²) in [5, 5.41) is 3.17. The third-order valence-electron chi connectivity index (χ3n) is 3.13. The van der Waals surface area contributed by atoms with Crippen LogP contribution in [0.2, 0.25) is 0 Å². The molecule has 1 aromatic carbocycles. The fourth-order valence-corrected chi connectivity index (χ4v) is 2.38. The van der Waals surface area contributed by atoms with Crippen LogP contribution in [0, 0.1) is 13.8 Å². The zero-order valence-corrected chi connectivity index (χ0v) is 12.3. The molecule has 4 nitrogen and oxygen atoms in total. The summed E-state index contributed by atoms with van der Waals surface area (Å²) in [5.74, 6) is 0.130. The molecule has 0 radical (unpaired) electrons. The molecule has 0 saturated carbocycles. The first kappa shape index (κ1) is 15.1. The molecule has 0 aliphatic rings. The molecule has 0 saturated heterocycles. The highest BCUT2D eigenvalue weighted by Gasteiger charge is 2.12. The molecule has 102 valence electrons. The minimum Gasteiger partial charge on any atom is -0.312 e. The predicted octanol–water partition coefficient (Wildman–Crippen LogP) is 1.28. The Morgan fingerprint density at radius 2 is 1.89 bits per heavy atom. The number of sulfonamides is 1. The number of nitrogens with one attached hydrogen (secondary N) is 1. The first-order chi connectivity index (χ1) is 8.34. The second-order valence-corrected chi connectivity index (χ2v) is 6.94. The SMILES string of the molecule is Cc1cccc(CNCCS(=O)(=O)N(C)C)c1C. The van der Waals surface area contributed by atoms with Gasteiger partial charge in [-0.3, -0.25) is 0 Å². The smallest absolute Gasteiger partial charge is 0.214 e. The molecule has 0 heterocycles. The Bertz CT molecular complexity index is 496. The summed E-state index contributed by atoms with van der Waals surface area (Å²) in [4.78, 5) is 0. The van der Waals surface area contributed by atoms with Crippen LogP contribution in [0.1, 0.15) is 16.7 Å². The number of aryl methyl sites for hydroxylation is 1. The van der Waals surface area contributed by atoms with Gasteiger partial charge in [0.15, 0.2) is 0 Å². The Morgan fingerprint density at radius 1 is 1.22 bits per heavy atom. The van der Waals surface area contributed by atoms with E-state index in [0.717, 1.165) is 0 Å². The largest absolute Gasteiger partial charge is 0.312 e. The minimum absolute atomic E-state index is 0.130. The second kappa shape index (κ2) is 6.31. The summed E-state index contributed by atoms with van der Waals surface area (Å²) in [5.41, 5.74) is 3.74. The fraction of sp³-hybridized carbons (Fsp3) is 0.538. The van der Waals surface area contributed by atoms with Crippen molar-refractivity contribution in [2.24, 2.45) is 0 Å². The van der Waals surface area contributed by atoms with Gasteiger partial charge in [0.25, 0.3) is 0 Å². The summed E-state index contributed by atoms with van der Waals surface area (Å²) >= 11 is 0. The number of hydrogen-bond acceptors (Lipinski definition) is 3. The molecule has 0 bridgehead atoms. The van der Waals surface area contributed by atoms with E-state index >= 15 is 0 Å². The molecule has 0 unspecified atom stereocenters. The molecule has 0 fully saturated rings. The van der Waals surface area contributed by atoms with E-state index in [2.05, 4.69) is 31.3 Å². The van der Waals surface area contributed by atoms with Crippen LogP contribution in [0.3, 0.4) is 0 Å². The van der Waals surface area contributed by atoms with Crippen LogP contribution >= 0.6 is 0 Å². The maximum atomic E-state index is 11.5. The third kappa shape index (κ3) is 4.08. The van der Waals surface area contributed by atoms with Gasteiger partial charge < -0.3 is 5.32 Å². The first-order valence-electron chi connectivity index (χ1n) is 6.00. The Balaban J connectivity index is 2.46. The van der Waals surface area contributed by atoms with Gasteiger partial charge in [-0.1, -0.05) is 18.2 Å². The molecule has 5 heteroatoms. The van der Waals surface area contributed by atoms with E-state index < -0.39 is 10.0 Å². The standard InChI is InChI=1S/C13H22N2O2S/c1-11-6-5-7-13(12(11)2)10-14-8-9-18(16,17)15(3)4/h5-7,14H,8-10H2,1-4H3. The van der Waals surface area contributed by atoms with Crippen LogP contribution in [0.25, 0.3) is 0 Å². The van der Waals surface area contributed by atoms with Crippen LogP contribution in [0.15, 0.2) is 18.2 Å². The lowest BCUT2D eigenvalue weighted by molar-refractivity contribution is 0.517. The van der Waals surface area contributed by atoms with Crippen LogP contribution in [-0.2, 0) is 16.6 Å². The summed E-state index contributed by atoms with van der Waals surface area (Å²) < 4.78 is 24.4. The van der Waals surface area contributed by atoms with Crippen molar-refractivity contribution in [2.45, 2.75) is 20.4 Å². The zero-order chi connectivity index (χ0) is 13.8. The van der Waals surface area contributed by atoms with E-state index in [1.807, 2.05) is 6.07 Å². The molecule has 1 N–H and O–H groups in total. The Hall–Kier alpha value is -0.910. The average Bonchev–Trinajstić information content (AvgIpc) is 2.29. The van der Waals surface area contributed by atoms with Gasteiger partial charge in [-0.05, 0) is 30.5 Å². The molecule has 0 aliphatic carbocycles. The maximum Gasteiger partial charge on any atom is 0.214 e. The van der Waals surface area contributed by atoms with Gasteiger partial charge in [0, 0.05) is 27.2 Å². The molecule has 0 aromatic heterocycles. The number of benzene rings is 1. The normalized spacial score (nSPS) is 12.1. The van der Waals surface area contributed by atoms with Gasteiger partial charge in [0.1, 0.15) is 0 Å². The highest BCUT2D eigenvalue weighted by molar-refractivity contribution is 7.89. The Kier molecular flexibility index (Phi) is 5.31. The predicted molar refractivity (Wildman–Crippen MR) is 75.1 cm³/mol. The van der Waals surface area contributed by atoms with Gasteiger partial charge in [-0.25, -0.2) is 12.7 Å². The molecule has 0 aliphatic heterocycles. The fourth-order valence-electron chi connectivity index (χ4n) is 1.61. The van der Waals surface area contributed by atoms with Gasteiger partial charge >= 0.3 is 0 Å². The van der Waals surface area contributed by atoms with Gasteiger partial charge in [-0.15, -0.1) is 0 Å². The van der Waals surface area contributed by atoms with Crippen molar-refractivity contribution in [2.75, 3.05) is 26.4 Å². The topological polar surface area (TPSA) is 49.4 Å². The van der Waals surface area contributed by atoms with Gasteiger partial charge in [-0.2, -0.15) is 0 Å². The zero-order valence-electron chi connectivity index (χ0n) is 11.5. The van der Waals surface area contributed by atoms with Crippen molar-refractivity contribution in [1.82, 2.24) is 9.62 Å². The lowest BCUT2D eigenvalue weighted by atomic mass is 10.0. The van der Waals surface area contributed by atoms with Crippen LogP contribution in [0.5, 0.6) is 0 Å². The lowest BCUT2D eigenvalue weighted by Crippen LogP contribution is -2.31. The minimum atomic E-state index is -3.10. The molecule has 18 heavy (non-hydrogen) atoms. The monoisotopic (exact) mass is 270 g/mol. The molecular formula is C13H22N2O2S. The third-order valence-corrected chi connectivity index (χ3v) is 4.96. The van der Waals surface area contributed by atoms with Crippen molar-refractivity contribution in [3.05, 3.63) is 34.9 Å². The van der Waals surface area contributed by atoms with E-state index in [9.17, 15) is 8.42 Å². The molecular weight excluding hydrogens is 248 g/mol. The highest BCUT2D eigenvalue weighted by atomic mass is 32.2. The van der Waals surface area contributed by atoms with Crippen molar-refractivity contribution in [1.29, 1.82) is 0 Å². The summed E-state index contributed by atoms with van der Waals surface area (Å²) in [6.45, 7) is 5.34. The van der Waals surface area contributed by atoms with Crippen molar-refractivity contribution >= 4 is 10.0 Å². The molecule has 1 rings (SSSR count). The summed E-state index contributed by atoms with van der Waals surface area (Å²) in [7, 11) is 0.0111. The van der Waals surface area contributed by atoms with Gasteiger partial charge in [0.2, 0.25) is 10.0 Å². The van der Waals surface area contributed by atoms with Crippen LogP contribution in [0.4, 0.5) is 0 Å². The molecule has 1 aromatic rings. The maximum absolute atomic E-state index is 11.5. The number of rotatable bonds is 6. The van der Waals surface area contributed by atoms with E-state index in [1.54, 1.807) is 14.1 Å². The first-order valence-corrected chi connectivity index (χ1v) is 7.61. The van der Waals surface area contributed by atoms with E-state index in [0.29, 0.717) is 13.1 Å². The summed E-state index contributed by atoms with van der Waals surface area (Å²) in [6, 6.07) is 6.17. The van der Waals surface area contributed by atoms with Gasteiger partial charge in [0.05, 0.1) is 5.75 Å². The van der Waals surface area contributed by atoms with Crippen molar-refractivity contribution < 1.29 is 8.42 Å². The average molecular weight is 270 g/mol. The number of nitrogens with zero attached hydrogens (tertiary/aromatic N) is 1. The van der Waals surface area contributed by atoms with E-state index in [4.69, 9.17) is 0 Å². The Morgan fingerprint density at radius 3 is 2.50 bits per heavy atom. The lowest BCUT2D eigenvalue weighted by Gasteiger charge is -2.12. The Labute approximate surface area is 110 Å². The molecule has 0 spiro atoms. The molecule has 0 atom stereocenters. The van der Waals surface area contributed by atoms with Crippen LogP contribution in [-0.4, -0.2) is 39.1 Å².